The van der Waals surface area contributed by atoms with Crippen molar-refractivity contribution in [1.29, 1.82) is 0 Å². The van der Waals surface area contributed by atoms with Crippen LogP contribution < -0.4 is 5.32 Å². The molecule has 0 saturated heterocycles. The highest BCUT2D eigenvalue weighted by Crippen LogP contribution is 2.24. The zero-order valence-electron chi connectivity index (χ0n) is 12.5. The van der Waals surface area contributed by atoms with Gasteiger partial charge in [0, 0.05) is 18.7 Å². The third-order valence-corrected chi connectivity index (χ3v) is 4.07. The number of urea groups is 1. The van der Waals surface area contributed by atoms with Crippen molar-refractivity contribution < 1.29 is 19.1 Å². The third kappa shape index (κ3) is 4.00. The Balaban J connectivity index is 1.86. The summed E-state index contributed by atoms with van der Waals surface area (Å²) in [6.45, 7) is 2.34. The number of aliphatic carboxylic acids is 1. The number of hydrogen-bond donors (Lipinski definition) is 2. The van der Waals surface area contributed by atoms with E-state index in [0.29, 0.717) is 19.4 Å². The van der Waals surface area contributed by atoms with E-state index in [4.69, 9.17) is 9.52 Å². The second-order valence-electron chi connectivity index (χ2n) is 5.71. The van der Waals surface area contributed by atoms with E-state index in [0.717, 1.165) is 24.2 Å². The first kappa shape index (κ1) is 15.4. The summed E-state index contributed by atoms with van der Waals surface area (Å²) in [5.74, 6) is -0.306. The van der Waals surface area contributed by atoms with Gasteiger partial charge in [0.05, 0.1) is 18.7 Å². The molecule has 2 atom stereocenters. The van der Waals surface area contributed by atoms with Gasteiger partial charge >= 0.3 is 12.0 Å². The molecule has 2 rings (SSSR count). The number of carboxylic acid groups (broad SMARTS) is 1. The predicted octanol–water partition coefficient (Wildman–Crippen LogP) is 2.37. The van der Waals surface area contributed by atoms with E-state index in [1.165, 1.54) is 0 Å². The molecule has 6 heteroatoms. The van der Waals surface area contributed by atoms with Crippen molar-refractivity contribution in [1.82, 2.24) is 10.2 Å². The molecular weight excluding hydrogens is 272 g/mol. The third-order valence-electron chi connectivity index (χ3n) is 4.07. The number of carboxylic acids is 1. The monoisotopic (exact) mass is 294 g/mol. The van der Waals surface area contributed by atoms with Crippen LogP contribution in [-0.4, -0.2) is 35.1 Å². The average molecular weight is 294 g/mol. The number of carbonyl (C=O) groups is 2. The fourth-order valence-corrected chi connectivity index (χ4v) is 2.73. The van der Waals surface area contributed by atoms with E-state index in [9.17, 15) is 9.59 Å². The molecule has 0 aliphatic heterocycles. The van der Waals surface area contributed by atoms with Crippen molar-refractivity contribution in [3.05, 3.63) is 23.7 Å². The average Bonchev–Trinajstić information content (AvgIpc) is 2.84. The molecule has 1 saturated carbocycles. The van der Waals surface area contributed by atoms with Gasteiger partial charge in [-0.2, -0.15) is 0 Å². The summed E-state index contributed by atoms with van der Waals surface area (Å²) in [6, 6.07) is 1.62. The summed E-state index contributed by atoms with van der Waals surface area (Å²) in [7, 11) is 1.72. The van der Waals surface area contributed by atoms with Gasteiger partial charge in [0.15, 0.2) is 0 Å². The van der Waals surface area contributed by atoms with Crippen molar-refractivity contribution >= 4 is 12.0 Å². The number of hydrogen-bond acceptors (Lipinski definition) is 3. The fourth-order valence-electron chi connectivity index (χ4n) is 2.73. The predicted molar refractivity (Wildman–Crippen MR) is 76.8 cm³/mol. The standard InChI is InChI=1S/C15H22N2O4/c1-10-12(6-7-21-10)9-17(2)15(20)16-13-5-3-4-11(8-13)14(18)19/h6-7,11,13H,3-5,8-9H2,1-2H3,(H,16,20)(H,18,19). The molecule has 1 aromatic rings. The van der Waals surface area contributed by atoms with Gasteiger partial charge in [0.25, 0.3) is 0 Å². The summed E-state index contributed by atoms with van der Waals surface area (Å²) in [5, 5.41) is 12.0. The lowest BCUT2D eigenvalue weighted by Gasteiger charge is -2.29. The van der Waals surface area contributed by atoms with E-state index < -0.39 is 5.97 Å². The van der Waals surface area contributed by atoms with E-state index in [2.05, 4.69) is 5.32 Å². The van der Waals surface area contributed by atoms with Crippen LogP contribution in [0, 0.1) is 12.8 Å². The minimum atomic E-state index is -0.767. The summed E-state index contributed by atoms with van der Waals surface area (Å²) >= 11 is 0. The van der Waals surface area contributed by atoms with Gasteiger partial charge in [-0.1, -0.05) is 6.42 Å². The first-order chi connectivity index (χ1) is 9.97. The molecule has 1 fully saturated rings. The number of aryl methyl sites for hydroxylation is 1. The molecule has 0 radical (unpaired) electrons. The van der Waals surface area contributed by atoms with Crippen LogP contribution in [0.25, 0.3) is 0 Å². The lowest BCUT2D eigenvalue weighted by atomic mass is 9.86. The van der Waals surface area contributed by atoms with Crippen LogP contribution in [0.15, 0.2) is 16.7 Å². The molecule has 1 aliphatic carbocycles. The minimum absolute atomic E-state index is 0.0553. The molecule has 0 spiro atoms. The highest BCUT2D eigenvalue weighted by Gasteiger charge is 2.28. The largest absolute Gasteiger partial charge is 0.481 e. The Morgan fingerprint density at radius 1 is 1.48 bits per heavy atom. The van der Waals surface area contributed by atoms with Crippen LogP contribution in [-0.2, 0) is 11.3 Å². The number of amides is 2. The van der Waals surface area contributed by atoms with Crippen molar-refractivity contribution in [3.8, 4) is 0 Å². The summed E-state index contributed by atoms with van der Waals surface area (Å²) in [6.07, 6.45) is 4.50. The maximum absolute atomic E-state index is 12.2. The summed E-state index contributed by atoms with van der Waals surface area (Å²) in [4.78, 5) is 24.8. The van der Waals surface area contributed by atoms with Gasteiger partial charge in [0.1, 0.15) is 5.76 Å². The topological polar surface area (TPSA) is 82.8 Å². The maximum atomic E-state index is 12.2. The molecule has 21 heavy (non-hydrogen) atoms. The number of nitrogens with one attached hydrogen (secondary N) is 1. The molecule has 1 aliphatic rings. The van der Waals surface area contributed by atoms with Crippen LogP contribution >= 0.6 is 0 Å². The Hall–Kier alpha value is -1.98. The Kier molecular flexibility index (Phi) is 4.88. The van der Waals surface area contributed by atoms with Crippen LogP contribution in [0.2, 0.25) is 0 Å². The highest BCUT2D eigenvalue weighted by molar-refractivity contribution is 5.74. The molecule has 116 valence electrons. The Labute approximate surface area is 124 Å². The van der Waals surface area contributed by atoms with E-state index in [1.54, 1.807) is 18.2 Å². The second-order valence-corrected chi connectivity index (χ2v) is 5.71. The fraction of sp³-hybridized carbons (Fsp3) is 0.600. The lowest BCUT2D eigenvalue weighted by molar-refractivity contribution is -0.143. The van der Waals surface area contributed by atoms with Crippen molar-refractivity contribution in [2.75, 3.05) is 7.05 Å². The maximum Gasteiger partial charge on any atom is 0.317 e. The first-order valence-corrected chi connectivity index (χ1v) is 7.24. The number of furan rings is 1. The molecule has 1 aromatic heterocycles. The van der Waals surface area contributed by atoms with Gasteiger partial charge in [-0.15, -0.1) is 0 Å². The number of carbonyl (C=O) groups excluding carboxylic acids is 1. The highest BCUT2D eigenvalue weighted by atomic mass is 16.4. The zero-order chi connectivity index (χ0) is 15.4. The normalized spacial score (nSPS) is 21.8. The molecular formula is C15H22N2O4. The van der Waals surface area contributed by atoms with E-state index in [-0.39, 0.29) is 18.0 Å². The van der Waals surface area contributed by atoms with E-state index >= 15 is 0 Å². The molecule has 0 bridgehead atoms. The Morgan fingerprint density at radius 3 is 2.86 bits per heavy atom. The number of rotatable bonds is 4. The van der Waals surface area contributed by atoms with Crippen molar-refractivity contribution in [2.24, 2.45) is 5.92 Å². The molecule has 0 aromatic carbocycles. The minimum Gasteiger partial charge on any atom is -0.481 e. The molecule has 6 nitrogen and oxygen atoms in total. The van der Waals surface area contributed by atoms with Crippen molar-refractivity contribution in [2.45, 2.75) is 45.2 Å². The quantitative estimate of drug-likeness (QED) is 0.893. The van der Waals surface area contributed by atoms with Crippen LogP contribution in [0.1, 0.15) is 37.0 Å². The van der Waals surface area contributed by atoms with Gasteiger partial charge in [-0.25, -0.2) is 4.79 Å². The zero-order valence-corrected chi connectivity index (χ0v) is 12.5. The Morgan fingerprint density at radius 2 is 2.24 bits per heavy atom. The van der Waals surface area contributed by atoms with Crippen LogP contribution in [0.4, 0.5) is 4.79 Å². The number of nitrogens with zero attached hydrogens (tertiary/aromatic N) is 1. The second kappa shape index (κ2) is 6.65. The smallest absolute Gasteiger partial charge is 0.317 e. The lowest BCUT2D eigenvalue weighted by Crippen LogP contribution is -2.45. The first-order valence-electron chi connectivity index (χ1n) is 7.24. The molecule has 2 N–H and O–H groups in total. The summed E-state index contributed by atoms with van der Waals surface area (Å²) < 4.78 is 5.21. The van der Waals surface area contributed by atoms with Gasteiger partial charge in [-0.3, -0.25) is 4.79 Å². The van der Waals surface area contributed by atoms with Crippen LogP contribution in [0.3, 0.4) is 0 Å². The van der Waals surface area contributed by atoms with Crippen molar-refractivity contribution in [3.63, 3.8) is 0 Å². The molecule has 2 unspecified atom stereocenters. The summed E-state index contributed by atoms with van der Waals surface area (Å²) in [5.41, 5.74) is 0.972. The van der Waals surface area contributed by atoms with Gasteiger partial charge in [0.2, 0.25) is 0 Å². The van der Waals surface area contributed by atoms with Crippen LogP contribution in [0.5, 0.6) is 0 Å². The molecule has 2 amide bonds. The van der Waals surface area contributed by atoms with E-state index in [1.807, 2.05) is 13.0 Å². The Bertz CT molecular complexity index is 512. The SMILES string of the molecule is Cc1occc1CN(C)C(=O)NC1CCCC(C(=O)O)C1. The van der Waals surface area contributed by atoms with Gasteiger partial charge < -0.3 is 19.7 Å². The molecule has 1 heterocycles. The van der Waals surface area contributed by atoms with Gasteiger partial charge in [-0.05, 0) is 32.3 Å².